The van der Waals surface area contributed by atoms with Crippen molar-refractivity contribution in [2.75, 3.05) is 31.7 Å². The maximum absolute atomic E-state index is 10.7. The number of halogens is 1. The van der Waals surface area contributed by atoms with Gasteiger partial charge < -0.3 is 14.7 Å². The predicted octanol–water partition coefficient (Wildman–Crippen LogP) is 3.30. The van der Waals surface area contributed by atoms with Gasteiger partial charge in [-0.2, -0.15) is 0 Å². The molecule has 1 aromatic carbocycles. The highest BCUT2D eigenvalue weighted by atomic mass is 35.5. The van der Waals surface area contributed by atoms with Crippen LogP contribution in [-0.2, 0) is 9.53 Å². The van der Waals surface area contributed by atoms with Crippen molar-refractivity contribution in [2.24, 2.45) is 5.92 Å². The third kappa shape index (κ3) is 4.76. The Bertz CT molecular complexity index is 524. The first-order chi connectivity index (χ1) is 10.1. The van der Waals surface area contributed by atoms with Crippen LogP contribution in [0.3, 0.4) is 0 Å². The largest absolute Gasteiger partial charge is 0.478 e. The Hall–Kier alpha value is -1.52. The highest BCUT2D eigenvalue weighted by Crippen LogP contribution is 2.27. The Morgan fingerprint density at radius 1 is 1.57 bits per heavy atom. The van der Waals surface area contributed by atoms with E-state index in [1.54, 1.807) is 12.1 Å². The summed E-state index contributed by atoms with van der Waals surface area (Å²) in [6.07, 6.45) is 5.00. The molecular formula is C16H20ClNO3. The van der Waals surface area contributed by atoms with Crippen molar-refractivity contribution in [1.82, 2.24) is 0 Å². The number of ether oxygens (including phenoxy) is 1. The summed E-state index contributed by atoms with van der Waals surface area (Å²) in [6.45, 7) is 2.50. The van der Waals surface area contributed by atoms with Gasteiger partial charge in [-0.05, 0) is 42.5 Å². The molecule has 0 saturated carbocycles. The number of hydrogen-bond donors (Lipinski definition) is 1. The lowest BCUT2D eigenvalue weighted by molar-refractivity contribution is -0.131. The molecule has 1 N–H and O–H groups in total. The molecule has 2 rings (SSSR count). The lowest BCUT2D eigenvalue weighted by atomic mass is 10.0. The second kappa shape index (κ2) is 7.48. The number of carbonyl (C=O) groups is 1. The Morgan fingerprint density at radius 2 is 2.38 bits per heavy atom. The van der Waals surface area contributed by atoms with Gasteiger partial charge in [0, 0.05) is 37.0 Å². The van der Waals surface area contributed by atoms with E-state index in [1.807, 2.05) is 19.2 Å². The second-order valence-electron chi connectivity index (χ2n) is 5.34. The molecule has 1 saturated heterocycles. The Labute approximate surface area is 130 Å². The zero-order valence-corrected chi connectivity index (χ0v) is 12.8. The van der Waals surface area contributed by atoms with Crippen molar-refractivity contribution < 1.29 is 14.6 Å². The van der Waals surface area contributed by atoms with Crippen LogP contribution < -0.4 is 4.90 Å². The average molecular weight is 310 g/mol. The fourth-order valence-corrected chi connectivity index (χ4v) is 2.75. The lowest BCUT2D eigenvalue weighted by Crippen LogP contribution is -2.31. The molecule has 0 spiro atoms. The highest BCUT2D eigenvalue weighted by Gasteiger charge is 2.17. The quantitative estimate of drug-likeness (QED) is 0.848. The van der Waals surface area contributed by atoms with Gasteiger partial charge in [-0.25, -0.2) is 4.79 Å². The molecule has 0 aliphatic carbocycles. The number of nitrogens with zero attached hydrogens (tertiary/aromatic N) is 1. The van der Waals surface area contributed by atoms with E-state index >= 15 is 0 Å². The van der Waals surface area contributed by atoms with Crippen molar-refractivity contribution in [3.8, 4) is 0 Å². The number of carboxylic acid groups (broad SMARTS) is 1. The molecule has 1 aliphatic rings. The third-order valence-corrected chi connectivity index (χ3v) is 3.83. The summed E-state index contributed by atoms with van der Waals surface area (Å²) in [4.78, 5) is 12.8. The number of anilines is 1. The summed E-state index contributed by atoms with van der Waals surface area (Å²) >= 11 is 6.07. The molecule has 1 aromatic rings. The normalized spacial score (nSPS) is 18.9. The summed E-state index contributed by atoms with van der Waals surface area (Å²) in [5, 5.41) is 9.42. The van der Waals surface area contributed by atoms with Crippen LogP contribution in [0.2, 0.25) is 5.02 Å². The molecule has 1 aliphatic heterocycles. The fourth-order valence-electron chi connectivity index (χ4n) is 2.59. The molecule has 114 valence electrons. The van der Waals surface area contributed by atoms with Crippen LogP contribution in [0.15, 0.2) is 24.3 Å². The molecule has 1 heterocycles. The molecule has 0 bridgehead atoms. The molecule has 1 fully saturated rings. The van der Waals surface area contributed by atoms with Gasteiger partial charge in [0.1, 0.15) is 0 Å². The average Bonchev–Trinajstić information content (AvgIpc) is 2.46. The highest BCUT2D eigenvalue weighted by molar-refractivity contribution is 6.31. The zero-order chi connectivity index (χ0) is 15.2. The molecule has 21 heavy (non-hydrogen) atoms. The van der Waals surface area contributed by atoms with Crippen molar-refractivity contribution in [3.63, 3.8) is 0 Å². The van der Waals surface area contributed by atoms with Gasteiger partial charge in [0.15, 0.2) is 0 Å². The van der Waals surface area contributed by atoms with E-state index in [4.69, 9.17) is 21.4 Å². The molecule has 1 atom stereocenters. The number of aliphatic carboxylic acids is 1. The fraction of sp³-hybridized carbons (Fsp3) is 0.438. The van der Waals surface area contributed by atoms with E-state index in [-0.39, 0.29) is 0 Å². The van der Waals surface area contributed by atoms with Crippen LogP contribution in [0.5, 0.6) is 0 Å². The summed E-state index contributed by atoms with van der Waals surface area (Å²) in [5.41, 5.74) is 1.78. The van der Waals surface area contributed by atoms with E-state index in [9.17, 15) is 4.79 Å². The van der Waals surface area contributed by atoms with E-state index in [0.29, 0.717) is 10.9 Å². The molecule has 0 radical (unpaired) electrons. The van der Waals surface area contributed by atoms with Crippen LogP contribution in [0.25, 0.3) is 6.08 Å². The zero-order valence-electron chi connectivity index (χ0n) is 12.1. The van der Waals surface area contributed by atoms with Gasteiger partial charge in [-0.3, -0.25) is 0 Å². The van der Waals surface area contributed by atoms with Crippen molar-refractivity contribution >= 4 is 29.3 Å². The number of hydrogen-bond acceptors (Lipinski definition) is 3. The van der Waals surface area contributed by atoms with E-state index in [1.165, 1.54) is 0 Å². The van der Waals surface area contributed by atoms with E-state index < -0.39 is 5.97 Å². The van der Waals surface area contributed by atoms with Crippen LogP contribution in [0, 0.1) is 5.92 Å². The van der Waals surface area contributed by atoms with Crippen LogP contribution >= 0.6 is 11.6 Å². The maximum Gasteiger partial charge on any atom is 0.328 e. The minimum atomic E-state index is -0.959. The Balaban J connectivity index is 2.15. The first kappa shape index (κ1) is 15.9. The first-order valence-electron chi connectivity index (χ1n) is 7.05. The number of rotatable bonds is 5. The summed E-state index contributed by atoms with van der Waals surface area (Å²) in [5.74, 6) is -0.460. The topological polar surface area (TPSA) is 49.8 Å². The first-order valence-corrected chi connectivity index (χ1v) is 7.43. The lowest BCUT2D eigenvalue weighted by Gasteiger charge is -2.29. The summed E-state index contributed by atoms with van der Waals surface area (Å²) in [6, 6.07) is 5.47. The van der Waals surface area contributed by atoms with Gasteiger partial charge in [0.05, 0.1) is 6.61 Å². The number of carboxylic acids is 1. The molecule has 0 amide bonds. The summed E-state index contributed by atoms with van der Waals surface area (Å²) < 4.78 is 5.51. The van der Waals surface area contributed by atoms with Gasteiger partial charge in [0.25, 0.3) is 0 Å². The van der Waals surface area contributed by atoms with Gasteiger partial charge >= 0.3 is 5.97 Å². The van der Waals surface area contributed by atoms with Gasteiger partial charge in [-0.1, -0.05) is 17.7 Å². The third-order valence-electron chi connectivity index (χ3n) is 3.60. The molecular weight excluding hydrogens is 290 g/mol. The monoisotopic (exact) mass is 309 g/mol. The second-order valence-corrected chi connectivity index (χ2v) is 5.77. The Morgan fingerprint density at radius 3 is 3.05 bits per heavy atom. The van der Waals surface area contributed by atoms with Crippen molar-refractivity contribution in [1.29, 1.82) is 0 Å². The van der Waals surface area contributed by atoms with Gasteiger partial charge in [-0.15, -0.1) is 0 Å². The SMILES string of the molecule is CN(CC1CCCOC1)c1cc(Cl)ccc1/C=C/C(=O)O. The van der Waals surface area contributed by atoms with E-state index in [0.717, 1.165) is 49.9 Å². The van der Waals surface area contributed by atoms with Crippen molar-refractivity contribution in [2.45, 2.75) is 12.8 Å². The Kier molecular flexibility index (Phi) is 5.65. The van der Waals surface area contributed by atoms with Crippen LogP contribution in [0.4, 0.5) is 5.69 Å². The van der Waals surface area contributed by atoms with Crippen LogP contribution in [0.1, 0.15) is 18.4 Å². The van der Waals surface area contributed by atoms with Gasteiger partial charge in [0.2, 0.25) is 0 Å². The van der Waals surface area contributed by atoms with Crippen molar-refractivity contribution in [3.05, 3.63) is 34.9 Å². The summed E-state index contributed by atoms with van der Waals surface area (Å²) in [7, 11) is 2.00. The standard InChI is InChI=1S/C16H20ClNO3/c1-18(10-12-3-2-8-21-11-12)15-9-14(17)6-4-13(15)5-7-16(19)20/h4-7,9,12H,2-3,8,10-11H2,1H3,(H,19,20)/b7-5+. The smallest absolute Gasteiger partial charge is 0.328 e. The maximum atomic E-state index is 10.7. The molecule has 4 nitrogen and oxygen atoms in total. The molecule has 0 aromatic heterocycles. The minimum absolute atomic E-state index is 0.499. The predicted molar refractivity (Wildman–Crippen MR) is 84.9 cm³/mol. The molecule has 1 unspecified atom stereocenters. The molecule has 5 heteroatoms. The van der Waals surface area contributed by atoms with Crippen LogP contribution in [-0.4, -0.2) is 37.9 Å². The van der Waals surface area contributed by atoms with E-state index in [2.05, 4.69) is 4.90 Å². The minimum Gasteiger partial charge on any atom is -0.478 e. The number of benzene rings is 1.